The normalized spacial score (nSPS) is 13.1. The van der Waals surface area contributed by atoms with E-state index in [0.717, 1.165) is 38.5 Å². The Kier molecular flexibility index (Phi) is 10.1. The summed E-state index contributed by atoms with van der Waals surface area (Å²) in [4.78, 5) is 10.3. The zero-order valence-electron chi connectivity index (χ0n) is 10.2. The van der Waals surface area contributed by atoms with Crippen molar-refractivity contribution >= 4 is 5.97 Å². The minimum absolute atomic E-state index is 0.376. The molecule has 94 valence electrons. The fraction of sp³-hybridized carbons (Fsp3) is 0.769. The summed E-state index contributed by atoms with van der Waals surface area (Å²) in [6, 6.07) is 0. The van der Waals surface area contributed by atoms with Gasteiger partial charge in [0, 0.05) is 0 Å². The first-order chi connectivity index (χ1) is 7.68. The molecule has 0 spiro atoms. The number of aliphatic hydroxyl groups is 1. The van der Waals surface area contributed by atoms with Gasteiger partial charge < -0.3 is 10.2 Å². The van der Waals surface area contributed by atoms with Gasteiger partial charge >= 0.3 is 5.97 Å². The highest BCUT2D eigenvalue weighted by Crippen LogP contribution is 2.08. The SMILES string of the molecule is CCC/C=C\CCCCCCC(O)C(=O)O. The molecule has 0 aliphatic carbocycles. The minimum Gasteiger partial charge on any atom is -0.479 e. The average molecular weight is 228 g/mol. The highest BCUT2D eigenvalue weighted by atomic mass is 16.4. The van der Waals surface area contributed by atoms with Gasteiger partial charge in [-0.2, -0.15) is 0 Å². The Morgan fingerprint density at radius 3 is 2.38 bits per heavy atom. The Bertz CT molecular complexity index is 199. The van der Waals surface area contributed by atoms with E-state index in [-0.39, 0.29) is 0 Å². The second-order valence-corrected chi connectivity index (χ2v) is 4.11. The van der Waals surface area contributed by atoms with Gasteiger partial charge in [-0.25, -0.2) is 4.79 Å². The lowest BCUT2D eigenvalue weighted by Crippen LogP contribution is -2.18. The molecular weight excluding hydrogens is 204 g/mol. The number of aliphatic carboxylic acids is 1. The lowest BCUT2D eigenvalue weighted by atomic mass is 10.1. The van der Waals surface area contributed by atoms with Gasteiger partial charge in [0.15, 0.2) is 6.10 Å². The van der Waals surface area contributed by atoms with Crippen LogP contribution in [0.3, 0.4) is 0 Å². The van der Waals surface area contributed by atoms with Crippen molar-refractivity contribution in [3.63, 3.8) is 0 Å². The van der Waals surface area contributed by atoms with E-state index in [9.17, 15) is 4.79 Å². The number of aliphatic hydroxyl groups excluding tert-OH is 1. The summed E-state index contributed by atoms with van der Waals surface area (Å²) in [5.74, 6) is -1.11. The molecule has 0 amide bonds. The van der Waals surface area contributed by atoms with Crippen molar-refractivity contribution in [2.75, 3.05) is 0 Å². The molecule has 2 N–H and O–H groups in total. The summed E-state index contributed by atoms with van der Waals surface area (Å²) in [5.41, 5.74) is 0. The first kappa shape index (κ1) is 15.2. The maximum absolute atomic E-state index is 10.3. The molecule has 0 aromatic carbocycles. The Labute approximate surface area is 98.2 Å². The van der Waals surface area contributed by atoms with Gasteiger partial charge in [0.1, 0.15) is 0 Å². The van der Waals surface area contributed by atoms with Crippen molar-refractivity contribution in [2.24, 2.45) is 0 Å². The summed E-state index contributed by atoms with van der Waals surface area (Å²) >= 11 is 0. The molecular formula is C13H24O3. The molecule has 3 nitrogen and oxygen atoms in total. The Hall–Kier alpha value is -0.830. The van der Waals surface area contributed by atoms with Crippen LogP contribution in [-0.2, 0) is 4.79 Å². The van der Waals surface area contributed by atoms with E-state index in [0.29, 0.717) is 6.42 Å². The maximum atomic E-state index is 10.3. The van der Waals surface area contributed by atoms with Crippen LogP contribution >= 0.6 is 0 Å². The summed E-state index contributed by atoms with van der Waals surface area (Å²) in [5, 5.41) is 17.5. The monoisotopic (exact) mass is 228 g/mol. The van der Waals surface area contributed by atoms with E-state index >= 15 is 0 Å². The number of hydrogen-bond donors (Lipinski definition) is 2. The van der Waals surface area contributed by atoms with Crippen LogP contribution in [0.5, 0.6) is 0 Å². The third-order valence-electron chi connectivity index (χ3n) is 2.51. The number of carboxylic acid groups (broad SMARTS) is 1. The predicted octanol–water partition coefficient (Wildman–Crippen LogP) is 3.13. The molecule has 1 unspecified atom stereocenters. The van der Waals surface area contributed by atoms with Gasteiger partial charge in [-0.15, -0.1) is 0 Å². The van der Waals surface area contributed by atoms with Crippen LogP contribution < -0.4 is 0 Å². The summed E-state index contributed by atoms with van der Waals surface area (Å²) < 4.78 is 0. The highest BCUT2D eigenvalue weighted by molar-refractivity contribution is 5.71. The van der Waals surface area contributed by atoms with E-state index in [4.69, 9.17) is 10.2 Å². The number of rotatable bonds is 10. The molecule has 16 heavy (non-hydrogen) atoms. The first-order valence-electron chi connectivity index (χ1n) is 6.24. The van der Waals surface area contributed by atoms with Crippen LogP contribution in [0.4, 0.5) is 0 Å². The van der Waals surface area contributed by atoms with E-state index in [1.54, 1.807) is 0 Å². The lowest BCUT2D eigenvalue weighted by Gasteiger charge is -2.04. The van der Waals surface area contributed by atoms with Crippen molar-refractivity contribution < 1.29 is 15.0 Å². The van der Waals surface area contributed by atoms with Gasteiger partial charge in [-0.1, -0.05) is 44.8 Å². The number of unbranched alkanes of at least 4 members (excludes halogenated alkanes) is 5. The molecule has 0 radical (unpaired) electrons. The number of hydrogen-bond acceptors (Lipinski definition) is 2. The standard InChI is InChI=1S/C13H24O3/c1-2-3-4-5-6-7-8-9-10-11-12(14)13(15)16/h4-5,12,14H,2-3,6-11H2,1H3,(H,15,16)/b5-4-. The molecule has 0 fully saturated rings. The highest BCUT2D eigenvalue weighted by Gasteiger charge is 2.11. The fourth-order valence-corrected chi connectivity index (χ4v) is 1.48. The third kappa shape index (κ3) is 9.71. The van der Waals surface area contributed by atoms with Crippen LogP contribution in [0.1, 0.15) is 58.3 Å². The van der Waals surface area contributed by atoms with Crippen LogP contribution in [0.2, 0.25) is 0 Å². The molecule has 0 bridgehead atoms. The van der Waals surface area contributed by atoms with Crippen LogP contribution in [0.25, 0.3) is 0 Å². The second kappa shape index (κ2) is 10.7. The maximum Gasteiger partial charge on any atom is 0.332 e. The van der Waals surface area contributed by atoms with Crippen molar-refractivity contribution in [2.45, 2.75) is 64.4 Å². The first-order valence-corrected chi connectivity index (χ1v) is 6.24. The van der Waals surface area contributed by atoms with Gasteiger partial charge in [0.2, 0.25) is 0 Å². The zero-order chi connectivity index (χ0) is 12.2. The van der Waals surface area contributed by atoms with Crippen LogP contribution in [-0.4, -0.2) is 22.3 Å². The number of carboxylic acids is 1. The Balaban J connectivity index is 3.18. The molecule has 0 aromatic rings. The fourth-order valence-electron chi connectivity index (χ4n) is 1.48. The molecule has 1 atom stereocenters. The average Bonchev–Trinajstić information content (AvgIpc) is 2.26. The van der Waals surface area contributed by atoms with E-state index in [1.165, 1.54) is 6.42 Å². The molecule has 0 aliphatic heterocycles. The van der Waals surface area contributed by atoms with Crippen LogP contribution in [0, 0.1) is 0 Å². The molecule has 3 heteroatoms. The van der Waals surface area contributed by atoms with Gasteiger partial charge in [0.05, 0.1) is 0 Å². The van der Waals surface area contributed by atoms with Gasteiger partial charge in [-0.3, -0.25) is 0 Å². The van der Waals surface area contributed by atoms with Gasteiger partial charge in [0.25, 0.3) is 0 Å². The van der Waals surface area contributed by atoms with E-state index in [1.807, 2.05) is 0 Å². The topological polar surface area (TPSA) is 57.5 Å². The summed E-state index contributed by atoms with van der Waals surface area (Å²) in [6.45, 7) is 2.16. The van der Waals surface area contributed by atoms with Gasteiger partial charge in [-0.05, 0) is 25.7 Å². The van der Waals surface area contributed by atoms with E-state index < -0.39 is 12.1 Å². The van der Waals surface area contributed by atoms with E-state index in [2.05, 4.69) is 19.1 Å². The summed E-state index contributed by atoms with van der Waals surface area (Å²) in [7, 11) is 0. The second-order valence-electron chi connectivity index (χ2n) is 4.11. The molecule has 0 heterocycles. The molecule has 0 aliphatic rings. The van der Waals surface area contributed by atoms with Crippen molar-refractivity contribution in [3.8, 4) is 0 Å². The van der Waals surface area contributed by atoms with Crippen LogP contribution in [0.15, 0.2) is 12.2 Å². The number of allylic oxidation sites excluding steroid dienone is 2. The lowest BCUT2D eigenvalue weighted by molar-refractivity contribution is -0.146. The number of carbonyl (C=O) groups is 1. The third-order valence-corrected chi connectivity index (χ3v) is 2.51. The zero-order valence-corrected chi connectivity index (χ0v) is 10.2. The molecule has 0 aromatic heterocycles. The largest absolute Gasteiger partial charge is 0.479 e. The molecule has 0 saturated heterocycles. The van der Waals surface area contributed by atoms with Crippen molar-refractivity contribution in [1.82, 2.24) is 0 Å². The summed E-state index contributed by atoms with van der Waals surface area (Å²) in [6.07, 6.45) is 11.2. The Morgan fingerprint density at radius 2 is 1.75 bits per heavy atom. The molecule has 0 rings (SSSR count). The molecule has 0 saturated carbocycles. The van der Waals surface area contributed by atoms with Crippen molar-refractivity contribution in [3.05, 3.63) is 12.2 Å². The van der Waals surface area contributed by atoms with Crippen molar-refractivity contribution in [1.29, 1.82) is 0 Å². The predicted molar refractivity (Wildman–Crippen MR) is 65.4 cm³/mol. The Morgan fingerprint density at radius 1 is 1.12 bits per heavy atom. The quantitative estimate of drug-likeness (QED) is 0.446. The smallest absolute Gasteiger partial charge is 0.332 e. The minimum atomic E-state index is -1.18.